The number of hydrogen-bond acceptors (Lipinski definition) is 12. The Morgan fingerprint density at radius 3 is 1.93 bits per heavy atom. The molecule has 0 saturated carbocycles. The Balaban J connectivity index is 4.19. The Labute approximate surface area is 246 Å². The summed E-state index contributed by atoms with van der Waals surface area (Å²) in [6.07, 6.45) is -0.0182. The van der Waals surface area contributed by atoms with Crippen molar-refractivity contribution < 1.29 is 47.6 Å². The third-order valence-corrected chi connectivity index (χ3v) is 4.70. The number of hydrogen-bond donors (Lipinski definition) is 4. The molecule has 0 spiro atoms. The molecule has 0 aromatic rings. The smallest absolute Gasteiger partial charge is 0.329 e. The summed E-state index contributed by atoms with van der Waals surface area (Å²) in [5.74, 6) is -1.84. The molecule has 17 heteroatoms. The summed E-state index contributed by atoms with van der Waals surface area (Å²) >= 11 is 0. The van der Waals surface area contributed by atoms with Gasteiger partial charge in [-0.25, -0.2) is 4.79 Å². The molecule has 5 N–H and O–H groups in total. The fourth-order valence-electron chi connectivity index (χ4n) is 2.90. The Morgan fingerprint density at radius 1 is 0.786 bits per heavy atom. The van der Waals surface area contributed by atoms with Crippen molar-refractivity contribution >= 4 is 23.7 Å². The highest BCUT2D eigenvalue weighted by atomic mass is 16.6. The predicted molar refractivity (Wildman–Crippen MR) is 150 cm³/mol. The number of amides is 3. The molecule has 242 valence electrons. The van der Waals surface area contributed by atoms with Crippen LogP contribution in [-0.4, -0.2) is 128 Å². The average molecular weight is 606 g/mol. The number of rotatable bonds is 26. The SMILES string of the molecule is CC(C)(C)OC(=O)[C@H](CCC(=O)NCCOCCN=[N+]=[N-])NC(=O)COCCOCCNC(=O)COCCOCCN. The van der Waals surface area contributed by atoms with E-state index >= 15 is 0 Å². The lowest BCUT2D eigenvalue weighted by Gasteiger charge is -2.24. The molecule has 0 heterocycles. The first-order chi connectivity index (χ1) is 20.1. The zero-order chi connectivity index (χ0) is 31.5. The summed E-state index contributed by atoms with van der Waals surface area (Å²) < 4.78 is 31.5. The summed E-state index contributed by atoms with van der Waals surface area (Å²) in [6, 6.07) is -1.05. The van der Waals surface area contributed by atoms with Gasteiger partial charge in [-0.05, 0) is 32.7 Å². The Kier molecular flexibility index (Phi) is 23.8. The van der Waals surface area contributed by atoms with Gasteiger partial charge in [0.05, 0.1) is 52.9 Å². The van der Waals surface area contributed by atoms with E-state index in [1.54, 1.807) is 20.8 Å². The first kappa shape index (κ1) is 39.0. The van der Waals surface area contributed by atoms with E-state index in [1.165, 1.54) is 0 Å². The van der Waals surface area contributed by atoms with E-state index in [0.717, 1.165) is 0 Å². The van der Waals surface area contributed by atoms with Crippen LogP contribution in [0.25, 0.3) is 10.4 Å². The zero-order valence-corrected chi connectivity index (χ0v) is 24.9. The second kappa shape index (κ2) is 25.6. The van der Waals surface area contributed by atoms with E-state index < -0.39 is 23.5 Å². The molecule has 0 aliphatic rings. The fraction of sp³-hybridized carbons (Fsp3) is 0.840. The first-order valence-corrected chi connectivity index (χ1v) is 13.7. The van der Waals surface area contributed by atoms with Crippen molar-refractivity contribution in [2.45, 2.75) is 45.3 Å². The van der Waals surface area contributed by atoms with Gasteiger partial charge in [-0.3, -0.25) is 14.4 Å². The Morgan fingerprint density at radius 2 is 1.33 bits per heavy atom. The van der Waals surface area contributed by atoms with Crippen LogP contribution < -0.4 is 21.7 Å². The number of ether oxygens (including phenoxy) is 6. The molecule has 0 aliphatic heterocycles. The molecule has 0 aliphatic carbocycles. The standard InChI is InChI=1S/C25H47N7O10/c1-25(2,3)42-24(36)20(4-5-21(33)28-7-11-38-13-9-30-32-27)31-23(35)19-41-17-15-39-12-8-29-22(34)18-40-16-14-37-10-6-26/h20H,4-19,26H2,1-3H3,(H,28,33)(H,29,34)(H,31,35)/t20-/m0/s1. The largest absolute Gasteiger partial charge is 0.458 e. The maximum atomic E-state index is 12.6. The first-order valence-electron chi connectivity index (χ1n) is 13.7. The van der Waals surface area contributed by atoms with E-state index in [0.29, 0.717) is 26.4 Å². The summed E-state index contributed by atoms with van der Waals surface area (Å²) in [5, 5.41) is 11.2. The number of nitrogens with one attached hydrogen (secondary N) is 3. The van der Waals surface area contributed by atoms with Crippen LogP contribution >= 0.6 is 0 Å². The Hall–Kier alpha value is -3.05. The van der Waals surface area contributed by atoms with Gasteiger partial charge in [-0.2, -0.15) is 0 Å². The van der Waals surface area contributed by atoms with Crippen LogP contribution in [0.3, 0.4) is 0 Å². The Bertz CT molecular complexity index is 820. The molecule has 0 aromatic carbocycles. The summed E-state index contributed by atoms with van der Waals surface area (Å²) in [7, 11) is 0. The number of esters is 1. The molecular weight excluding hydrogens is 558 g/mol. The maximum absolute atomic E-state index is 12.6. The lowest BCUT2D eigenvalue weighted by atomic mass is 10.1. The van der Waals surface area contributed by atoms with Gasteiger partial charge in [0.25, 0.3) is 0 Å². The molecule has 0 fully saturated rings. The number of carbonyl (C=O) groups is 4. The van der Waals surface area contributed by atoms with Crippen molar-refractivity contribution in [3.8, 4) is 0 Å². The summed E-state index contributed by atoms with van der Waals surface area (Å²) in [5.41, 5.74) is 12.7. The second-order valence-corrected chi connectivity index (χ2v) is 9.58. The fourth-order valence-corrected chi connectivity index (χ4v) is 2.90. The van der Waals surface area contributed by atoms with Gasteiger partial charge in [-0.15, -0.1) is 0 Å². The molecule has 0 radical (unpaired) electrons. The number of nitrogens with zero attached hydrogens (tertiary/aromatic N) is 3. The van der Waals surface area contributed by atoms with Crippen LogP contribution in [0.2, 0.25) is 0 Å². The van der Waals surface area contributed by atoms with E-state index in [9.17, 15) is 19.2 Å². The highest BCUT2D eigenvalue weighted by Crippen LogP contribution is 2.11. The van der Waals surface area contributed by atoms with Gasteiger partial charge < -0.3 is 50.1 Å². The van der Waals surface area contributed by atoms with E-state index in [2.05, 4.69) is 26.0 Å². The van der Waals surface area contributed by atoms with Gasteiger partial charge in [0.2, 0.25) is 17.7 Å². The van der Waals surface area contributed by atoms with Crippen LogP contribution in [0, 0.1) is 0 Å². The third-order valence-electron chi connectivity index (χ3n) is 4.70. The maximum Gasteiger partial charge on any atom is 0.329 e. The average Bonchev–Trinajstić information content (AvgIpc) is 2.92. The summed E-state index contributed by atoms with van der Waals surface area (Å²) in [6.45, 7) is 7.92. The molecule has 42 heavy (non-hydrogen) atoms. The highest BCUT2D eigenvalue weighted by molar-refractivity contribution is 5.86. The molecule has 0 aromatic heterocycles. The van der Waals surface area contributed by atoms with Crippen molar-refractivity contribution in [1.29, 1.82) is 0 Å². The van der Waals surface area contributed by atoms with Crippen molar-refractivity contribution in [2.24, 2.45) is 10.8 Å². The molecule has 17 nitrogen and oxygen atoms in total. The molecule has 0 unspecified atom stereocenters. The minimum Gasteiger partial charge on any atom is -0.458 e. The zero-order valence-electron chi connectivity index (χ0n) is 24.9. The lowest BCUT2D eigenvalue weighted by Crippen LogP contribution is -2.46. The number of nitrogens with two attached hydrogens (primary N) is 1. The lowest BCUT2D eigenvalue weighted by molar-refractivity contribution is -0.159. The van der Waals surface area contributed by atoms with Crippen molar-refractivity contribution in [3.05, 3.63) is 10.4 Å². The second-order valence-electron chi connectivity index (χ2n) is 9.58. The van der Waals surface area contributed by atoms with E-state index in [-0.39, 0.29) is 90.5 Å². The normalized spacial score (nSPS) is 11.7. The van der Waals surface area contributed by atoms with Gasteiger partial charge in [0.1, 0.15) is 24.9 Å². The van der Waals surface area contributed by atoms with Crippen molar-refractivity contribution in [2.75, 3.05) is 92.2 Å². The number of carbonyl (C=O) groups excluding carboxylic acids is 4. The molecule has 0 bridgehead atoms. The molecule has 0 saturated heterocycles. The van der Waals surface area contributed by atoms with Crippen LogP contribution in [0.15, 0.2) is 5.11 Å². The van der Waals surface area contributed by atoms with Crippen LogP contribution in [0.1, 0.15) is 33.6 Å². The van der Waals surface area contributed by atoms with E-state index in [4.69, 9.17) is 39.7 Å². The molecular formula is C25H47N7O10. The summed E-state index contributed by atoms with van der Waals surface area (Å²) in [4.78, 5) is 51.4. The topological polar surface area (TPSA) is 235 Å². The molecule has 1 atom stereocenters. The van der Waals surface area contributed by atoms with Crippen LogP contribution in [0.4, 0.5) is 0 Å². The van der Waals surface area contributed by atoms with E-state index in [1.807, 2.05) is 0 Å². The van der Waals surface area contributed by atoms with Gasteiger partial charge in [0, 0.05) is 37.5 Å². The van der Waals surface area contributed by atoms with Gasteiger partial charge in [-0.1, -0.05) is 5.11 Å². The minimum atomic E-state index is -1.05. The number of azide groups is 1. The van der Waals surface area contributed by atoms with Crippen LogP contribution in [-0.2, 0) is 47.6 Å². The van der Waals surface area contributed by atoms with Crippen LogP contribution in [0.5, 0.6) is 0 Å². The quantitative estimate of drug-likeness (QED) is 0.0312. The van der Waals surface area contributed by atoms with Crippen molar-refractivity contribution in [3.63, 3.8) is 0 Å². The highest BCUT2D eigenvalue weighted by Gasteiger charge is 2.27. The molecule has 0 rings (SSSR count). The predicted octanol–water partition coefficient (Wildman–Crippen LogP) is -0.822. The van der Waals surface area contributed by atoms with Gasteiger partial charge in [0.15, 0.2) is 0 Å². The minimum absolute atomic E-state index is 0.0200. The van der Waals surface area contributed by atoms with Crippen molar-refractivity contribution in [1.82, 2.24) is 16.0 Å². The van der Waals surface area contributed by atoms with Gasteiger partial charge >= 0.3 is 5.97 Å². The third kappa shape index (κ3) is 25.9. The molecule has 3 amide bonds. The monoisotopic (exact) mass is 605 g/mol.